The smallest absolute Gasteiger partial charge is 0.202 e. The number of nitrogens with zero attached hydrogens (tertiary/aromatic N) is 1. The lowest BCUT2D eigenvalue weighted by molar-refractivity contribution is -0.627. The highest BCUT2D eigenvalue weighted by Gasteiger charge is 2.55. The van der Waals surface area contributed by atoms with Gasteiger partial charge in [0.05, 0.1) is 22.8 Å². The molecule has 1 aromatic heterocycles. The number of benzene rings is 1. The molecule has 4 heterocycles. The number of hydrogen-bond donors (Lipinski definition) is 1. The summed E-state index contributed by atoms with van der Waals surface area (Å²) in [7, 11) is 0. The van der Waals surface area contributed by atoms with Crippen LogP contribution in [0.1, 0.15) is 124 Å². The molecular weight excluding hydrogens is 478 g/mol. The zero-order chi connectivity index (χ0) is 26.9. The summed E-state index contributed by atoms with van der Waals surface area (Å²) in [5, 5.41) is 26.0. The topological polar surface area (TPSA) is 74.9 Å². The van der Waals surface area contributed by atoms with E-state index in [4.69, 9.17) is 14.2 Å². The van der Waals surface area contributed by atoms with Crippen molar-refractivity contribution in [1.29, 1.82) is 0 Å². The monoisotopic (exact) mass is 521 g/mol. The summed E-state index contributed by atoms with van der Waals surface area (Å²) in [6.07, 6.45) is 3.38. The Hall–Kier alpha value is -1.99. The number of aromatic nitrogens is 1. The van der Waals surface area contributed by atoms with Crippen molar-refractivity contribution in [3.8, 4) is 0 Å². The molecule has 1 aromatic carbocycles. The normalized spacial score (nSPS) is 26.8. The van der Waals surface area contributed by atoms with E-state index in [2.05, 4.69) is 58.9 Å². The fraction of sp³-hybridized carbons (Fsp3) is 0.656. The van der Waals surface area contributed by atoms with Gasteiger partial charge in [-0.3, -0.25) is 0 Å². The molecular formula is C32H43NO5. The maximum atomic E-state index is 14.4. The van der Waals surface area contributed by atoms with Crippen LogP contribution in [0.25, 0.3) is 0 Å². The van der Waals surface area contributed by atoms with E-state index in [0.717, 1.165) is 59.3 Å². The first kappa shape index (κ1) is 26.2. The summed E-state index contributed by atoms with van der Waals surface area (Å²) in [6, 6.07) is 8.75. The van der Waals surface area contributed by atoms with Crippen LogP contribution in [0.15, 0.2) is 24.3 Å². The molecule has 0 amide bonds. The van der Waals surface area contributed by atoms with E-state index >= 15 is 0 Å². The van der Waals surface area contributed by atoms with Crippen LogP contribution < -0.4 is 4.73 Å². The molecule has 206 valence electrons. The lowest BCUT2D eigenvalue weighted by Crippen LogP contribution is -2.47. The Morgan fingerprint density at radius 2 is 1.58 bits per heavy atom. The minimum Gasteiger partial charge on any atom is -0.618 e. The Morgan fingerprint density at radius 1 is 0.947 bits per heavy atom. The van der Waals surface area contributed by atoms with Gasteiger partial charge in [0.15, 0.2) is 5.69 Å². The van der Waals surface area contributed by atoms with Crippen molar-refractivity contribution in [3.63, 3.8) is 0 Å². The zero-order valence-electron chi connectivity index (χ0n) is 23.6. The van der Waals surface area contributed by atoms with Crippen LogP contribution in [0.4, 0.5) is 0 Å². The van der Waals surface area contributed by atoms with Gasteiger partial charge in [0.1, 0.15) is 6.10 Å². The third-order valence-electron chi connectivity index (χ3n) is 9.36. The van der Waals surface area contributed by atoms with E-state index in [1.54, 1.807) is 0 Å². The first-order chi connectivity index (χ1) is 18.0. The number of aliphatic hydroxyl groups is 1. The molecule has 1 spiro atoms. The fourth-order valence-corrected chi connectivity index (χ4v) is 7.38. The molecule has 2 fully saturated rings. The zero-order valence-corrected chi connectivity index (χ0v) is 23.6. The van der Waals surface area contributed by atoms with Gasteiger partial charge in [-0.05, 0) is 41.2 Å². The summed E-state index contributed by atoms with van der Waals surface area (Å²) in [6.45, 7) is 13.5. The summed E-state index contributed by atoms with van der Waals surface area (Å²) in [5.41, 5.74) is 6.22. The average molecular weight is 522 g/mol. The molecule has 2 atom stereocenters. The van der Waals surface area contributed by atoms with Crippen molar-refractivity contribution in [2.75, 3.05) is 26.4 Å². The largest absolute Gasteiger partial charge is 0.618 e. The van der Waals surface area contributed by atoms with E-state index in [1.165, 1.54) is 10.3 Å². The minimum atomic E-state index is -0.684. The quantitative estimate of drug-likeness (QED) is 0.409. The number of fused-ring (bicyclic) bond motifs is 4. The predicted molar refractivity (Wildman–Crippen MR) is 145 cm³/mol. The van der Waals surface area contributed by atoms with Crippen molar-refractivity contribution in [2.45, 2.75) is 102 Å². The van der Waals surface area contributed by atoms with Crippen LogP contribution in [-0.4, -0.2) is 31.5 Å². The van der Waals surface area contributed by atoms with Crippen LogP contribution in [-0.2, 0) is 31.6 Å². The van der Waals surface area contributed by atoms with Crippen molar-refractivity contribution in [1.82, 2.24) is 0 Å². The number of aliphatic hydroxyl groups excluding tert-OH is 1. The van der Waals surface area contributed by atoms with Gasteiger partial charge in [0.2, 0.25) is 5.69 Å². The molecule has 0 radical (unpaired) electrons. The molecule has 0 saturated carbocycles. The average Bonchev–Trinajstić information content (AvgIpc) is 3.17. The number of hydrogen-bond acceptors (Lipinski definition) is 5. The van der Waals surface area contributed by atoms with Crippen molar-refractivity contribution < 1.29 is 24.0 Å². The SMILES string of the molecule is CC1(C)Cc2c(c3c(c(C4CCOCC4)[n+]2[O-])[C@@H](c2ccc(C(C)(C)C)cc2)OC32CCOCC2)C(O)C1. The molecule has 6 nitrogen and oxygen atoms in total. The molecule has 6 rings (SSSR count). The minimum absolute atomic E-state index is 0.0518. The van der Waals surface area contributed by atoms with E-state index < -0.39 is 11.7 Å². The Morgan fingerprint density at radius 3 is 2.21 bits per heavy atom. The highest BCUT2D eigenvalue weighted by atomic mass is 16.5. The van der Waals surface area contributed by atoms with E-state index in [9.17, 15) is 10.3 Å². The van der Waals surface area contributed by atoms with E-state index in [1.807, 2.05) is 0 Å². The standard InChI is InChI=1S/C32H43NO5/c1-30(2,3)22-8-6-21(7-9-22)29-26-27(32(38-29)12-16-37-17-13-32)25-23(18-31(4,5)19-24(25)34)33(35)28(26)20-10-14-36-15-11-20/h6-9,20,24,29,34H,10-19H2,1-5H3/t24?,29-/m1/s1. The van der Waals surface area contributed by atoms with E-state index in [-0.39, 0.29) is 22.9 Å². The Balaban J connectivity index is 1.62. The first-order valence-corrected chi connectivity index (χ1v) is 14.5. The lowest BCUT2D eigenvalue weighted by atomic mass is 9.69. The fourth-order valence-electron chi connectivity index (χ4n) is 7.38. The van der Waals surface area contributed by atoms with Crippen molar-refractivity contribution in [2.24, 2.45) is 5.41 Å². The third-order valence-corrected chi connectivity index (χ3v) is 9.36. The van der Waals surface area contributed by atoms with Crippen LogP contribution in [0.2, 0.25) is 0 Å². The van der Waals surface area contributed by atoms with Gasteiger partial charge in [-0.1, -0.05) is 58.9 Å². The van der Waals surface area contributed by atoms with Gasteiger partial charge in [-0.25, -0.2) is 0 Å². The van der Waals surface area contributed by atoms with Gasteiger partial charge in [0.25, 0.3) is 0 Å². The van der Waals surface area contributed by atoms with Crippen LogP contribution >= 0.6 is 0 Å². The predicted octanol–water partition coefficient (Wildman–Crippen LogP) is 5.64. The number of pyridine rings is 1. The van der Waals surface area contributed by atoms with E-state index in [0.29, 0.717) is 39.3 Å². The summed E-state index contributed by atoms with van der Waals surface area (Å²) >= 11 is 0. The van der Waals surface area contributed by atoms with Gasteiger partial charge in [-0.2, -0.15) is 4.73 Å². The molecule has 1 N–H and O–H groups in total. The maximum Gasteiger partial charge on any atom is 0.202 e. The number of rotatable bonds is 2. The Bertz CT molecular complexity index is 1200. The molecule has 6 heteroatoms. The van der Waals surface area contributed by atoms with Crippen molar-refractivity contribution >= 4 is 0 Å². The summed E-state index contributed by atoms with van der Waals surface area (Å²) in [5.74, 6) is 0.109. The second kappa shape index (κ2) is 9.29. The van der Waals surface area contributed by atoms with Crippen LogP contribution in [0, 0.1) is 10.6 Å². The third kappa shape index (κ3) is 4.28. The lowest BCUT2D eigenvalue weighted by Gasteiger charge is -2.39. The molecule has 1 unspecified atom stereocenters. The molecule has 0 bridgehead atoms. The maximum absolute atomic E-state index is 14.4. The second-order valence-electron chi connectivity index (χ2n) is 13.8. The van der Waals surface area contributed by atoms with Gasteiger partial charge in [0, 0.05) is 57.2 Å². The summed E-state index contributed by atoms with van der Waals surface area (Å²) in [4.78, 5) is 0. The van der Waals surface area contributed by atoms with Gasteiger partial charge in [-0.15, -0.1) is 0 Å². The molecule has 2 aromatic rings. The first-order valence-electron chi connectivity index (χ1n) is 14.5. The number of ether oxygens (including phenoxy) is 3. The van der Waals surface area contributed by atoms with Gasteiger partial charge < -0.3 is 24.5 Å². The molecule has 2 saturated heterocycles. The summed E-state index contributed by atoms with van der Waals surface area (Å²) < 4.78 is 19.9. The second-order valence-corrected chi connectivity index (χ2v) is 13.8. The molecule has 38 heavy (non-hydrogen) atoms. The molecule has 1 aliphatic carbocycles. The Labute approximate surface area is 226 Å². The van der Waals surface area contributed by atoms with Gasteiger partial charge >= 0.3 is 0 Å². The van der Waals surface area contributed by atoms with Crippen molar-refractivity contribution in [3.05, 3.63) is 68.7 Å². The molecule has 3 aliphatic heterocycles. The highest BCUT2D eigenvalue weighted by Crippen LogP contribution is 2.57. The van der Waals surface area contributed by atoms with Crippen LogP contribution in [0.5, 0.6) is 0 Å². The highest BCUT2D eigenvalue weighted by molar-refractivity contribution is 5.53. The Kier molecular flexibility index (Phi) is 6.42. The molecule has 4 aliphatic rings. The van der Waals surface area contributed by atoms with Crippen LogP contribution in [0.3, 0.4) is 0 Å².